The maximum absolute atomic E-state index is 12.3. The second-order valence-corrected chi connectivity index (χ2v) is 7.87. The molecule has 2 bridgehead atoms. The number of rotatable bonds is 3. The lowest BCUT2D eigenvalue weighted by atomic mass is 10.0. The van der Waals surface area contributed by atoms with Gasteiger partial charge in [-0.15, -0.1) is 0 Å². The third kappa shape index (κ3) is 1.57. The molecule has 4 unspecified atom stereocenters. The summed E-state index contributed by atoms with van der Waals surface area (Å²) in [5.41, 5.74) is 5.66. The van der Waals surface area contributed by atoms with Crippen LogP contribution in [0.25, 0.3) is 0 Å². The molecule has 6 nitrogen and oxygen atoms in total. The Morgan fingerprint density at radius 1 is 1.37 bits per heavy atom. The number of aryl methyl sites for hydroxylation is 1. The summed E-state index contributed by atoms with van der Waals surface area (Å²) in [4.78, 5) is 0.104. The van der Waals surface area contributed by atoms with Crippen LogP contribution in [0.2, 0.25) is 0 Å². The molecule has 3 fully saturated rings. The molecule has 1 heterocycles. The van der Waals surface area contributed by atoms with Crippen LogP contribution in [0.4, 0.5) is 5.82 Å². The summed E-state index contributed by atoms with van der Waals surface area (Å²) in [7, 11) is -1.86. The number of nitrogen functional groups attached to an aromatic ring is 1. The molecule has 0 spiro atoms. The van der Waals surface area contributed by atoms with Crippen molar-refractivity contribution in [2.45, 2.75) is 30.2 Å². The Kier molecular flexibility index (Phi) is 2.17. The molecule has 0 radical (unpaired) electrons. The minimum Gasteiger partial charge on any atom is -0.381 e. The molecular weight excluding hydrogens is 264 g/mol. The van der Waals surface area contributed by atoms with Crippen molar-refractivity contribution in [1.82, 2.24) is 14.5 Å². The molecule has 3 saturated carbocycles. The molecule has 0 aliphatic heterocycles. The average Bonchev–Trinajstić information content (AvgIpc) is 2.71. The zero-order chi connectivity index (χ0) is 13.4. The maximum atomic E-state index is 12.3. The van der Waals surface area contributed by atoms with Crippen LogP contribution in [0.1, 0.15) is 19.3 Å². The predicted octanol–water partition coefficient (Wildman–Crippen LogP) is 0.325. The quantitative estimate of drug-likeness (QED) is 0.835. The number of anilines is 1. The maximum Gasteiger partial charge on any atom is 0.246 e. The summed E-state index contributed by atoms with van der Waals surface area (Å²) in [6.45, 7) is 0. The summed E-state index contributed by atoms with van der Waals surface area (Å²) in [5, 5.41) is 3.89. The number of sulfonamides is 1. The monoisotopic (exact) mass is 282 g/mol. The van der Waals surface area contributed by atoms with E-state index in [0.29, 0.717) is 11.8 Å². The number of aromatic nitrogens is 2. The second-order valence-electron chi connectivity index (χ2n) is 6.19. The fourth-order valence-electron chi connectivity index (χ4n) is 4.42. The van der Waals surface area contributed by atoms with Gasteiger partial charge >= 0.3 is 0 Å². The highest BCUT2D eigenvalue weighted by Crippen LogP contribution is 2.65. The molecule has 4 atom stereocenters. The minimum atomic E-state index is -3.53. The molecule has 7 heteroatoms. The summed E-state index contributed by atoms with van der Waals surface area (Å²) in [6, 6.07) is 0.135. The van der Waals surface area contributed by atoms with Crippen LogP contribution in [0, 0.1) is 23.7 Å². The Morgan fingerprint density at radius 2 is 2.00 bits per heavy atom. The van der Waals surface area contributed by atoms with Gasteiger partial charge in [0.15, 0.2) is 5.82 Å². The van der Waals surface area contributed by atoms with Crippen LogP contribution in [0.5, 0.6) is 0 Å². The fraction of sp³-hybridized carbons (Fsp3) is 0.750. The van der Waals surface area contributed by atoms with Crippen LogP contribution in [0.3, 0.4) is 0 Å². The predicted molar refractivity (Wildman–Crippen MR) is 69.5 cm³/mol. The minimum absolute atomic E-state index is 0.0729. The van der Waals surface area contributed by atoms with Crippen molar-refractivity contribution >= 4 is 15.8 Å². The van der Waals surface area contributed by atoms with Gasteiger partial charge in [0.2, 0.25) is 10.0 Å². The third-order valence-corrected chi connectivity index (χ3v) is 6.61. The van der Waals surface area contributed by atoms with Gasteiger partial charge in [-0.25, -0.2) is 13.1 Å². The van der Waals surface area contributed by atoms with Gasteiger partial charge < -0.3 is 5.73 Å². The first-order valence-electron chi connectivity index (χ1n) is 6.79. The van der Waals surface area contributed by atoms with Crippen molar-refractivity contribution in [3.63, 3.8) is 0 Å². The lowest BCUT2D eigenvalue weighted by Gasteiger charge is -2.10. The summed E-state index contributed by atoms with van der Waals surface area (Å²) >= 11 is 0. The van der Waals surface area contributed by atoms with Crippen molar-refractivity contribution < 1.29 is 8.42 Å². The lowest BCUT2D eigenvalue weighted by Crippen LogP contribution is -2.30. The van der Waals surface area contributed by atoms with E-state index in [1.165, 1.54) is 30.1 Å². The number of fused-ring (bicyclic) bond motifs is 5. The van der Waals surface area contributed by atoms with Gasteiger partial charge in [-0.1, -0.05) is 0 Å². The smallest absolute Gasteiger partial charge is 0.246 e. The number of hydrogen-bond donors (Lipinski definition) is 2. The van der Waals surface area contributed by atoms with E-state index in [9.17, 15) is 8.42 Å². The van der Waals surface area contributed by atoms with Crippen LogP contribution in [0.15, 0.2) is 11.1 Å². The summed E-state index contributed by atoms with van der Waals surface area (Å²) in [6.07, 6.45) is 5.32. The SMILES string of the molecule is Cn1cc(S(=O)(=O)NC2C3C4CCC(C4)C23)c(N)n1. The molecule has 0 amide bonds. The van der Waals surface area contributed by atoms with Gasteiger partial charge in [-0.2, -0.15) is 5.10 Å². The van der Waals surface area contributed by atoms with Gasteiger partial charge in [-0.3, -0.25) is 4.68 Å². The highest BCUT2D eigenvalue weighted by Gasteiger charge is 2.65. The van der Waals surface area contributed by atoms with E-state index in [1.807, 2.05) is 0 Å². The van der Waals surface area contributed by atoms with Crippen molar-refractivity contribution in [1.29, 1.82) is 0 Å². The van der Waals surface area contributed by atoms with Crippen molar-refractivity contribution in [3.05, 3.63) is 6.20 Å². The lowest BCUT2D eigenvalue weighted by molar-refractivity contribution is 0.456. The Labute approximate surface area is 112 Å². The summed E-state index contributed by atoms with van der Waals surface area (Å²) < 4.78 is 28.9. The molecule has 4 rings (SSSR count). The topological polar surface area (TPSA) is 90.0 Å². The number of hydrogen-bond acceptors (Lipinski definition) is 4. The zero-order valence-electron chi connectivity index (χ0n) is 10.8. The van der Waals surface area contributed by atoms with Gasteiger partial charge in [0.25, 0.3) is 0 Å². The number of nitrogens with zero attached hydrogens (tertiary/aromatic N) is 2. The average molecular weight is 282 g/mol. The first kappa shape index (κ1) is 11.7. The van der Waals surface area contributed by atoms with Crippen LogP contribution >= 0.6 is 0 Å². The Balaban J connectivity index is 1.56. The van der Waals surface area contributed by atoms with Gasteiger partial charge in [-0.05, 0) is 42.9 Å². The van der Waals surface area contributed by atoms with E-state index in [1.54, 1.807) is 7.05 Å². The fourth-order valence-corrected chi connectivity index (χ4v) is 5.82. The molecule has 104 valence electrons. The van der Waals surface area contributed by atoms with Gasteiger partial charge in [0.05, 0.1) is 0 Å². The largest absolute Gasteiger partial charge is 0.381 e. The van der Waals surface area contributed by atoms with Crippen molar-refractivity contribution in [2.24, 2.45) is 30.7 Å². The first-order chi connectivity index (χ1) is 8.97. The molecule has 0 aromatic carbocycles. The van der Waals surface area contributed by atoms with Gasteiger partial charge in [0, 0.05) is 19.3 Å². The molecule has 3 aliphatic carbocycles. The number of nitrogens with two attached hydrogens (primary N) is 1. The van der Waals surface area contributed by atoms with Crippen LogP contribution in [-0.2, 0) is 17.1 Å². The third-order valence-electron chi connectivity index (χ3n) is 5.14. The van der Waals surface area contributed by atoms with Crippen molar-refractivity contribution in [3.8, 4) is 0 Å². The first-order valence-corrected chi connectivity index (χ1v) is 8.27. The normalized spacial score (nSPS) is 39.5. The van der Waals surface area contributed by atoms with E-state index in [0.717, 1.165) is 11.8 Å². The second kappa shape index (κ2) is 3.52. The highest BCUT2D eigenvalue weighted by molar-refractivity contribution is 7.89. The molecule has 1 aromatic rings. The van der Waals surface area contributed by atoms with Crippen molar-refractivity contribution in [2.75, 3.05) is 5.73 Å². The van der Waals surface area contributed by atoms with Gasteiger partial charge in [0.1, 0.15) is 4.90 Å². The van der Waals surface area contributed by atoms with Crippen LogP contribution in [-0.4, -0.2) is 24.2 Å². The standard InChI is InChI=1S/C12H18N4O2S/c1-16-5-8(12(13)14-16)19(17,18)15-11-9-6-2-3-7(4-6)10(9)11/h5-7,9-11,15H,2-4H2,1H3,(H2,13,14). The zero-order valence-corrected chi connectivity index (χ0v) is 11.6. The molecule has 0 saturated heterocycles. The van der Waals surface area contributed by atoms with E-state index in [4.69, 9.17) is 5.73 Å². The Hall–Kier alpha value is -1.08. The van der Waals surface area contributed by atoms with E-state index in [2.05, 4.69) is 9.82 Å². The molecule has 19 heavy (non-hydrogen) atoms. The Bertz CT molecular complexity index is 622. The summed E-state index contributed by atoms with van der Waals surface area (Å²) in [5.74, 6) is 2.71. The molecule has 3 N–H and O–H groups in total. The Morgan fingerprint density at radius 3 is 2.53 bits per heavy atom. The number of nitrogens with one attached hydrogen (secondary N) is 1. The van der Waals surface area contributed by atoms with Crippen LogP contribution < -0.4 is 10.5 Å². The van der Waals surface area contributed by atoms with E-state index in [-0.39, 0.29) is 16.8 Å². The molecule has 1 aromatic heterocycles. The van der Waals surface area contributed by atoms with E-state index < -0.39 is 10.0 Å². The molecular formula is C12H18N4O2S. The molecule has 3 aliphatic rings. The highest BCUT2D eigenvalue weighted by atomic mass is 32.2. The van der Waals surface area contributed by atoms with E-state index >= 15 is 0 Å².